The molecule has 0 bridgehead atoms. The average molecular weight is 472 g/mol. The molecule has 2 amide bonds. The van der Waals surface area contributed by atoms with E-state index in [1.54, 1.807) is 24.3 Å². The first kappa shape index (κ1) is 24.9. The molecule has 1 saturated carbocycles. The van der Waals surface area contributed by atoms with Gasteiger partial charge in [-0.3, -0.25) is 9.59 Å². The zero-order chi connectivity index (χ0) is 23.8. The third kappa shape index (κ3) is 7.40. The van der Waals surface area contributed by atoms with Crippen LogP contribution in [0.1, 0.15) is 49.8 Å². The summed E-state index contributed by atoms with van der Waals surface area (Å²) in [5.74, 6) is -0.284. The summed E-state index contributed by atoms with van der Waals surface area (Å²) in [6.07, 6.45) is 2.91. The van der Waals surface area contributed by atoms with E-state index >= 15 is 0 Å². The summed E-state index contributed by atoms with van der Waals surface area (Å²) in [6.45, 7) is 4.14. The maximum absolute atomic E-state index is 12.5. The molecule has 1 aliphatic carbocycles. The summed E-state index contributed by atoms with van der Waals surface area (Å²) in [7, 11) is -3.53. The highest BCUT2D eigenvalue weighted by molar-refractivity contribution is 7.89. The third-order valence-corrected chi connectivity index (χ3v) is 7.65. The number of sulfonamides is 1. The standard InChI is InChI=1S/C25H33N3O4S/c1-18-8-14-23(15-9-18)33(31,32)27-16-20-10-12-22(13-11-20)25(30)26-17-24(29)28-19(2)21-6-4-3-5-7-21/h3-9,14-15,19-20,22,27H,10-13,16-17H2,1-2H3,(H,26,30)(H,28,29). The Kier molecular flexibility index (Phi) is 8.63. The van der Waals surface area contributed by atoms with E-state index < -0.39 is 10.0 Å². The number of amides is 2. The summed E-state index contributed by atoms with van der Waals surface area (Å²) in [5, 5.41) is 5.63. The van der Waals surface area contributed by atoms with Gasteiger partial charge in [-0.2, -0.15) is 0 Å². The summed E-state index contributed by atoms with van der Waals surface area (Å²) in [5.41, 5.74) is 2.02. The number of nitrogens with one attached hydrogen (secondary N) is 3. The van der Waals surface area contributed by atoms with E-state index in [2.05, 4.69) is 15.4 Å². The summed E-state index contributed by atoms with van der Waals surface area (Å²) in [6, 6.07) is 16.3. The highest BCUT2D eigenvalue weighted by Crippen LogP contribution is 2.29. The zero-order valence-corrected chi connectivity index (χ0v) is 20.0. The van der Waals surface area contributed by atoms with Gasteiger partial charge in [-0.25, -0.2) is 13.1 Å². The molecule has 8 heteroatoms. The maximum Gasteiger partial charge on any atom is 0.240 e. The fraction of sp³-hybridized carbons (Fsp3) is 0.440. The fourth-order valence-electron chi connectivity index (χ4n) is 4.09. The van der Waals surface area contributed by atoms with Gasteiger partial charge in [0.25, 0.3) is 0 Å². The number of rotatable bonds is 9. The molecule has 0 radical (unpaired) electrons. The van der Waals surface area contributed by atoms with Crippen LogP contribution in [0.3, 0.4) is 0 Å². The van der Waals surface area contributed by atoms with E-state index in [-0.39, 0.29) is 41.1 Å². The normalized spacial score (nSPS) is 19.5. The number of hydrogen-bond donors (Lipinski definition) is 3. The van der Waals surface area contributed by atoms with Crippen LogP contribution in [0, 0.1) is 18.8 Å². The molecule has 33 heavy (non-hydrogen) atoms. The van der Waals surface area contributed by atoms with Crippen LogP contribution >= 0.6 is 0 Å². The Morgan fingerprint density at radius 2 is 1.61 bits per heavy atom. The number of aryl methyl sites for hydroxylation is 1. The van der Waals surface area contributed by atoms with Crippen LogP contribution in [0.2, 0.25) is 0 Å². The van der Waals surface area contributed by atoms with Crippen LogP contribution in [-0.2, 0) is 19.6 Å². The molecule has 3 rings (SSSR count). The second-order valence-corrected chi connectivity index (χ2v) is 10.6. The molecule has 0 spiro atoms. The Morgan fingerprint density at radius 3 is 2.24 bits per heavy atom. The van der Waals surface area contributed by atoms with Crippen LogP contribution in [0.5, 0.6) is 0 Å². The van der Waals surface area contributed by atoms with Gasteiger partial charge in [0.15, 0.2) is 0 Å². The molecule has 1 fully saturated rings. The van der Waals surface area contributed by atoms with Crippen molar-refractivity contribution in [3.63, 3.8) is 0 Å². The second-order valence-electron chi connectivity index (χ2n) is 8.80. The first-order valence-corrected chi connectivity index (χ1v) is 12.9. The Bertz CT molecular complexity index is 1030. The van der Waals surface area contributed by atoms with Crippen molar-refractivity contribution in [1.29, 1.82) is 0 Å². The summed E-state index contributed by atoms with van der Waals surface area (Å²) in [4.78, 5) is 24.9. The molecule has 2 aromatic carbocycles. The van der Waals surface area contributed by atoms with Gasteiger partial charge >= 0.3 is 0 Å². The van der Waals surface area contributed by atoms with Gasteiger partial charge in [-0.05, 0) is 63.1 Å². The summed E-state index contributed by atoms with van der Waals surface area (Å²) < 4.78 is 27.6. The predicted octanol–water partition coefficient (Wildman–Crippen LogP) is 3.07. The molecule has 1 unspecified atom stereocenters. The molecule has 1 atom stereocenters. The van der Waals surface area contributed by atoms with Crippen molar-refractivity contribution >= 4 is 21.8 Å². The first-order valence-electron chi connectivity index (χ1n) is 11.4. The van der Waals surface area contributed by atoms with E-state index in [4.69, 9.17) is 0 Å². The highest BCUT2D eigenvalue weighted by Gasteiger charge is 2.27. The predicted molar refractivity (Wildman–Crippen MR) is 128 cm³/mol. The lowest BCUT2D eigenvalue weighted by atomic mass is 9.81. The maximum atomic E-state index is 12.5. The van der Waals surface area contributed by atoms with E-state index in [1.165, 1.54) is 0 Å². The van der Waals surface area contributed by atoms with Crippen LogP contribution in [-0.4, -0.2) is 33.3 Å². The van der Waals surface area contributed by atoms with Crippen LogP contribution in [0.4, 0.5) is 0 Å². The van der Waals surface area contributed by atoms with Crippen molar-refractivity contribution in [2.24, 2.45) is 11.8 Å². The molecule has 0 heterocycles. The highest BCUT2D eigenvalue weighted by atomic mass is 32.2. The lowest BCUT2D eigenvalue weighted by Crippen LogP contribution is -2.41. The number of hydrogen-bond acceptors (Lipinski definition) is 4. The quantitative estimate of drug-likeness (QED) is 0.523. The molecule has 7 nitrogen and oxygen atoms in total. The van der Waals surface area contributed by atoms with Crippen LogP contribution in [0.25, 0.3) is 0 Å². The first-order chi connectivity index (χ1) is 15.7. The van der Waals surface area contributed by atoms with Crippen molar-refractivity contribution in [3.05, 3.63) is 65.7 Å². The van der Waals surface area contributed by atoms with Crippen molar-refractivity contribution in [1.82, 2.24) is 15.4 Å². The fourth-order valence-corrected chi connectivity index (χ4v) is 5.20. The van der Waals surface area contributed by atoms with Gasteiger partial charge in [-0.15, -0.1) is 0 Å². The van der Waals surface area contributed by atoms with Crippen LogP contribution in [0.15, 0.2) is 59.5 Å². The van der Waals surface area contributed by atoms with Gasteiger partial charge < -0.3 is 10.6 Å². The average Bonchev–Trinajstić information content (AvgIpc) is 2.82. The Balaban J connectivity index is 1.37. The Morgan fingerprint density at radius 1 is 0.970 bits per heavy atom. The van der Waals surface area contributed by atoms with E-state index in [1.807, 2.05) is 44.2 Å². The van der Waals surface area contributed by atoms with Crippen molar-refractivity contribution < 1.29 is 18.0 Å². The molecule has 1 aliphatic rings. The number of benzene rings is 2. The van der Waals surface area contributed by atoms with Gasteiger partial charge in [0.1, 0.15) is 0 Å². The minimum Gasteiger partial charge on any atom is -0.348 e. The van der Waals surface area contributed by atoms with Crippen LogP contribution < -0.4 is 15.4 Å². The smallest absolute Gasteiger partial charge is 0.240 e. The molecule has 0 saturated heterocycles. The summed E-state index contributed by atoms with van der Waals surface area (Å²) >= 11 is 0. The Hall–Kier alpha value is -2.71. The van der Waals surface area contributed by atoms with Gasteiger partial charge in [0, 0.05) is 12.5 Å². The molecular weight excluding hydrogens is 438 g/mol. The molecule has 0 aromatic heterocycles. The van der Waals surface area contributed by atoms with Crippen molar-refractivity contribution in [3.8, 4) is 0 Å². The van der Waals surface area contributed by atoms with Gasteiger partial charge in [0.05, 0.1) is 17.5 Å². The molecule has 2 aromatic rings. The second kappa shape index (κ2) is 11.4. The number of carbonyl (C=O) groups excluding carboxylic acids is 2. The Labute approximate surface area is 196 Å². The molecular formula is C25H33N3O4S. The monoisotopic (exact) mass is 471 g/mol. The lowest BCUT2D eigenvalue weighted by molar-refractivity contribution is -0.129. The largest absolute Gasteiger partial charge is 0.348 e. The van der Waals surface area contributed by atoms with E-state index in [0.717, 1.165) is 24.0 Å². The van der Waals surface area contributed by atoms with E-state index in [0.29, 0.717) is 19.4 Å². The minimum absolute atomic E-state index is 0.0493. The van der Waals surface area contributed by atoms with Gasteiger partial charge in [-0.1, -0.05) is 48.0 Å². The minimum atomic E-state index is -3.53. The SMILES string of the molecule is Cc1ccc(S(=O)(=O)NCC2CCC(C(=O)NCC(=O)NC(C)c3ccccc3)CC2)cc1. The molecule has 178 valence electrons. The number of carbonyl (C=O) groups is 2. The topological polar surface area (TPSA) is 104 Å². The van der Waals surface area contributed by atoms with Gasteiger partial charge in [0.2, 0.25) is 21.8 Å². The van der Waals surface area contributed by atoms with E-state index in [9.17, 15) is 18.0 Å². The molecule has 3 N–H and O–H groups in total. The van der Waals surface area contributed by atoms with Crippen molar-refractivity contribution in [2.45, 2.75) is 50.5 Å². The molecule has 0 aliphatic heterocycles. The third-order valence-electron chi connectivity index (χ3n) is 6.21. The zero-order valence-electron chi connectivity index (χ0n) is 19.2. The lowest BCUT2D eigenvalue weighted by Gasteiger charge is -2.28. The van der Waals surface area contributed by atoms with Crippen molar-refractivity contribution in [2.75, 3.05) is 13.1 Å².